The summed E-state index contributed by atoms with van der Waals surface area (Å²) in [5.41, 5.74) is 6.53. The van der Waals surface area contributed by atoms with Gasteiger partial charge in [0.25, 0.3) is 5.91 Å². The third-order valence-electron chi connectivity index (χ3n) is 3.01. The van der Waals surface area contributed by atoms with Gasteiger partial charge in [-0.25, -0.2) is 0 Å². The normalized spacial score (nSPS) is 10.4. The summed E-state index contributed by atoms with van der Waals surface area (Å²) in [6, 6.07) is 7.33. The molecule has 0 aliphatic heterocycles. The fourth-order valence-electron chi connectivity index (χ4n) is 1.78. The molecule has 2 aromatic rings. The number of ether oxygens (including phenoxy) is 1. The van der Waals surface area contributed by atoms with Crippen molar-refractivity contribution in [2.45, 2.75) is 26.6 Å². The third kappa shape index (κ3) is 4.28. The summed E-state index contributed by atoms with van der Waals surface area (Å²) < 4.78 is 7.27. The number of nitrogens with two attached hydrogens (primary N) is 1. The minimum Gasteiger partial charge on any atom is -0.484 e. The molecule has 1 amide bonds. The Labute approximate surface area is 123 Å². The summed E-state index contributed by atoms with van der Waals surface area (Å²) in [6.07, 6.45) is 1.64. The lowest BCUT2D eigenvalue weighted by Gasteiger charge is -2.08. The molecule has 0 unspecified atom stereocenters. The topological polar surface area (TPSA) is 95.1 Å². The van der Waals surface area contributed by atoms with Gasteiger partial charge in [0.15, 0.2) is 12.4 Å². The van der Waals surface area contributed by atoms with Crippen molar-refractivity contribution in [2.24, 2.45) is 5.73 Å². The van der Waals surface area contributed by atoms with E-state index < -0.39 is 0 Å². The minimum absolute atomic E-state index is 0.0395. The smallest absolute Gasteiger partial charge is 0.258 e. The Hall–Kier alpha value is -2.41. The van der Waals surface area contributed by atoms with E-state index >= 15 is 0 Å². The van der Waals surface area contributed by atoms with E-state index in [-0.39, 0.29) is 12.5 Å². The van der Waals surface area contributed by atoms with E-state index in [9.17, 15) is 4.79 Å². The van der Waals surface area contributed by atoms with Crippen molar-refractivity contribution in [2.75, 3.05) is 6.61 Å². The molecule has 0 bridgehead atoms. The van der Waals surface area contributed by atoms with Crippen LogP contribution in [0.25, 0.3) is 0 Å². The first-order chi connectivity index (χ1) is 10.2. The van der Waals surface area contributed by atoms with Gasteiger partial charge in [-0.05, 0) is 24.6 Å². The van der Waals surface area contributed by atoms with Gasteiger partial charge in [0.2, 0.25) is 0 Å². The number of carbonyl (C=O) groups is 1. The molecule has 7 heteroatoms. The number of nitrogens with one attached hydrogen (secondary N) is 1. The summed E-state index contributed by atoms with van der Waals surface area (Å²) in [4.78, 5) is 11.7. The molecule has 1 heterocycles. The van der Waals surface area contributed by atoms with Gasteiger partial charge in [-0.3, -0.25) is 4.79 Å². The van der Waals surface area contributed by atoms with E-state index in [1.54, 1.807) is 18.5 Å². The Balaban J connectivity index is 1.76. The fourth-order valence-corrected chi connectivity index (χ4v) is 1.78. The lowest BCUT2D eigenvalue weighted by atomic mass is 10.2. The maximum absolute atomic E-state index is 11.7. The van der Waals surface area contributed by atoms with Gasteiger partial charge < -0.3 is 20.4 Å². The predicted octanol–water partition coefficient (Wildman–Crippen LogP) is 0.452. The number of hydrogen-bond donors (Lipinski definition) is 2. The molecule has 3 N–H and O–H groups in total. The number of amides is 1. The number of aryl methyl sites for hydroxylation is 1. The molecule has 0 saturated heterocycles. The number of nitrogens with zero attached hydrogens (tertiary/aromatic N) is 3. The monoisotopic (exact) mass is 289 g/mol. The Kier molecular flexibility index (Phi) is 5.28. The average Bonchev–Trinajstić information content (AvgIpc) is 2.99. The zero-order valence-corrected chi connectivity index (χ0v) is 12.0. The molecule has 0 radical (unpaired) electrons. The van der Waals surface area contributed by atoms with Crippen molar-refractivity contribution >= 4 is 5.91 Å². The highest BCUT2D eigenvalue weighted by atomic mass is 16.5. The lowest BCUT2D eigenvalue weighted by Crippen LogP contribution is -2.29. The van der Waals surface area contributed by atoms with Gasteiger partial charge in [0, 0.05) is 13.1 Å². The maximum Gasteiger partial charge on any atom is 0.258 e. The van der Waals surface area contributed by atoms with Crippen LogP contribution in [0.4, 0.5) is 0 Å². The number of carbonyl (C=O) groups excluding carboxylic acids is 1. The van der Waals surface area contributed by atoms with Crippen molar-refractivity contribution in [1.82, 2.24) is 20.1 Å². The largest absolute Gasteiger partial charge is 0.484 e. The fraction of sp³-hybridized carbons (Fsp3) is 0.357. The predicted molar refractivity (Wildman–Crippen MR) is 77.4 cm³/mol. The first-order valence-corrected chi connectivity index (χ1v) is 6.78. The molecule has 0 atom stereocenters. The molecule has 21 heavy (non-hydrogen) atoms. The molecule has 1 aromatic carbocycles. The molecule has 1 aromatic heterocycles. The average molecular weight is 289 g/mol. The van der Waals surface area contributed by atoms with Gasteiger partial charge >= 0.3 is 0 Å². The van der Waals surface area contributed by atoms with Gasteiger partial charge in [-0.1, -0.05) is 12.1 Å². The molecule has 0 spiro atoms. The zero-order chi connectivity index (χ0) is 15.1. The van der Waals surface area contributed by atoms with Crippen molar-refractivity contribution in [1.29, 1.82) is 0 Å². The standard InChI is InChI=1S/C14H19N5O2/c1-2-19-10-17-18-13(19)8-16-14(20)9-21-12-5-3-11(7-15)4-6-12/h3-6,10H,2,7-9,15H2,1H3,(H,16,20). The Morgan fingerprint density at radius 2 is 2.14 bits per heavy atom. The second-order valence-electron chi connectivity index (χ2n) is 4.45. The molecule has 2 rings (SSSR count). The summed E-state index contributed by atoms with van der Waals surface area (Å²) in [5.74, 6) is 1.15. The van der Waals surface area contributed by atoms with Gasteiger partial charge in [0.05, 0.1) is 6.54 Å². The SMILES string of the molecule is CCn1cnnc1CNC(=O)COc1ccc(CN)cc1. The van der Waals surface area contributed by atoms with Crippen LogP contribution in [0.5, 0.6) is 5.75 Å². The number of benzene rings is 1. The second kappa shape index (κ2) is 7.39. The van der Waals surface area contributed by atoms with Gasteiger partial charge in [-0.2, -0.15) is 0 Å². The van der Waals surface area contributed by atoms with E-state index in [1.165, 1.54) is 0 Å². The van der Waals surface area contributed by atoms with Crippen LogP contribution in [0.2, 0.25) is 0 Å². The first kappa shape index (κ1) is 15.0. The van der Waals surface area contributed by atoms with Crippen molar-refractivity contribution in [3.05, 3.63) is 42.0 Å². The molecular weight excluding hydrogens is 270 g/mol. The van der Waals surface area contributed by atoms with E-state index in [0.29, 0.717) is 18.8 Å². The van der Waals surface area contributed by atoms with Crippen molar-refractivity contribution in [3.8, 4) is 5.75 Å². The Morgan fingerprint density at radius 1 is 1.38 bits per heavy atom. The second-order valence-corrected chi connectivity index (χ2v) is 4.45. The first-order valence-electron chi connectivity index (χ1n) is 6.78. The number of aromatic nitrogens is 3. The van der Waals surface area contributed by atoms with Crippen LogP contribution >= 0.6 is 0 Å². The third-order valence-corrected chi connectivity index (χ3v) is 3.01. The maximum atomic E-state index is 11.7. The van der Waals surface area contributed by atoms with Crippen LogP contribution in [-0.2, 0) is 24.4 Å². The summed E-state index contributed by atoms with van der Waals surface area (Å²) in [5, 5.41) is 10.5. The van der Waals surface area contributed by atoms with Crippen molar-refractivity contribution in [3.63, 3.8) is 0 Å². The summed E-state index contributed by atoms with van der Waals surface area (Å²) >= 11 is 0. The van der Waals surface area contributed by atoms with E-state index in [4.69, 9.17) is 10.5 Å². The van der Waals surface area contributed by atoms with E-state index in [1.807, 2.05) is 23.6 Å². The highest BCUT2D eigenvalue weighted by molar-refractivity contribution is 5.77. The molecule has 112 valence electrons. The van der Waals surface area contributed by atoms with Crippen LogP contribution in [0.15, 0.2) is 30.6 Å². The van der Waals surface area contributed by atoms with Crippen LogP contribution in [0, 0.1) is 0 Å². The highest BCUT2D eigenvalue weighted by Gasteiger charge is 2.06. The summed E-state index contributed by atoms with van der Waals surface area (Å²) in [6.45, 7) is 3.54. The molecule has 0 aliphatic rings. The molecule has 0 aliphatic carbocycles. The molecule has 7 nitrogen and oxygen atoms in total. The lowest BCUT2D eigenvalue weighted by molar-refractivity contribution is -0.123. The van der Waals surface area contributed by atoms with Crippen molar-refractivity contribution < 1.29 is 9.53 Å². The summed E-state index contributed by atoms with van der Waals surface area (Å²) in [7, 11) is 0. The molecular formula is C14H19N5O2. The van der Waals surface area contributed by atoms with Crippen LogP contribution in [-0.4, -0.2) is 27.3 Å². The Morgan fingerprint density at radius 3 is 2.81 bits per heavy atom. The van der Waals surface area contributed by atoms with E-state index in [2.05, 4.69) is 15.5 Å². The number of hydrogen-bond acceptors (Lipinski definition) is 5. The molecule has 0 saturated carbocycles. The van der Waals surface area contributed by atoms with E-state index in [0.717, 1.165) is 17.9 Å². The minimum atomic E-state index is -0.205. The van der Waals surface area contributed by atoms with Crippen LogP contribution in [0.1, 0.15) is 18.3 Å². The highest BCUT2D eigenvalue weighted by Crippen LogP contribution is 2.11. The quantitative estimate of drug-likeness (QED) is 0.771. The van der Waals surface area contributed by atoms with Gasteiger partial charge in [0.1, 0.15) is 12.1 Å². The molecule has 0 fully saturated rings. The van der Waals surface area contributed by atoms with Crippen LogP contribution < -0.4 is 15.8 Å². The van der Waals surface area contributed by atoms with Crippen LogP contribution in [0.3, 0.4) is 0 Å². The zero-order valence-electron chi connectivity index (χ0n) is 12.0. The number of rotatable bonds is 7. The Bertz CT molecular complexity index is 579. The van der Waals surface area contributed by atoms with Gasteiger partial charge in [-0.15, -0.1) is 10.2 Å².